The summed E-state index contributed by atoms with van der Waals surface area (Å²) in [6, 6.07) is 12.7. The van der Waals surface area contributed by atoms with Gasteiger partial charge in [-0.2, -0.15) is 4.39 Å². The molecule has 0 aliphatic carbocycles. The summed E-state index contributed by atoms with van der Waals surface area (Å²) in [5.74, 6) is 0.765. The number of nitro groups is 1. The highest BCUT2D eigenvalue weighted by Crippen LogP contribution is 2.38. The minimum atomic E-state index is -0.860. The first-order valence-electron chi connectivity index (χ1n) is 8.03. The van der Waals surface area contributed by atoms with Crippen LogP contribution in [0.3, 0.4) is 0 Å². The fourth-order valence-corrected chi connectivity index (χ4v) is 4.07. The van der Waals surface area contributed by atoms with Crippen LogP contribution in [0.4, 0.5) is 15.8 Å². The monoisotopic (exact) mass is 362 g/mol. The molecule has 3 rings (SSSR count). The number of benzene rings is 2. The number of methoxy groups -OCH3 is 1. The molecule has 25 heavy (non-hydrogen) atoms. The standard InChI is InChI=1S/C18H19FN2O3S/c1-24-14-9-16(19)18(21(22)23)17(10-14)20-8-7-13(11-20)12-25-15-5-3-2-4-6-15/h2-6,9-10,13H,7-8,11-12H2,1H3. The molecule has 0 bridgehead atoms. The number of halogens is 1. The lowest BCUT2D eigenvalue weighted by molar-refractivity contribution is -0.386. The molecule has 1 aliphatic heterocycles. The number of thioether (sulfide) groups is 1. The van der Waals surface area contributed by atoms with Crippen molar-refractivity contribution in [1.82, 2.24) is 0 Å². The van der Waals surface area contributed by atoms with Gasteiger partial charge in [-0.15, -0.1) is 11.8 Å². The molecule has 2 aromatic rings. The minimum Gasteiger partial charge on any atom is -0.497 e. The summed E-state index contributed by atoms with van der Waals surface area (Å²) in [6.45, 7) is 1.35. The molecule has 1 fully saturated rings. The average Bonchev–Trinajstić information content (AvgIpc) is 3.08. The third kappa shape index (κ3) is 4.04. The van der Waals surface area contributed by atoms with E-state index in [0.717, 1.165) is 18.2 Å². The molecule has 2 aromatic carbocycles. The average molecular weight is 362 g/mol. The lowest BCUT2D eigenvalue weighted by atomic mass is 10.1. The Hall–Kier alpha value is -2.28. The molecule has 1 atom stereocenters. The van der Waals surface area contributed by atoms with E-state index in [0.29, 0.717) is 30.4 Å². The molecule has 1 unspecified atom stereocenters. The molecule has 0 radical (unpaired) electrons. The van der Waals surface area contributed by atoms with Gasteiger partial charge in [0.25, 0.3) is 0 Å². The molecule has 1 aliphatic rings. The molecule has 0 spiro atoms. The molecule has 1 saturated heterocycles. The smallest absolute Gasteiger partial charge is 0.328 e. The van der Waals surface area contributed by atoms with Gasteiger partial charge in [-0.1, -0.05) is 18.2 Å². The molecule has 5 nitrogen and oxygen atoms in total. The molecule has 0 N–H and O–H groups in total. The van der Waals surface area contributed by atoms with Crippen LogP contribution < -0.4 is 9.64 Å². The van der Waals surface area contributed by atoms with Crippen molar-refractivity contribution in [2.24, 2.45) is 5.92 Å². The van der Waals surface area contributed by atoms with Crippen molar-refractivity contribution >= 4 is 23.1 Å². The SMILES string of the molecule is COc1cc(F)c([N+](=O)[O-])c(N2CCC(CSc3ccccc3)C2)c1. The van der Waals surface area contributed by atoms with Crippen LogP contribution in [-0.4, -0.2) is 30.9 Å². The van der Waals surface area contributed by atoms with E-state index in [9.17, 15) is 14.5 Å². The van der Waals surface area contributed by atoms with Crippen molar-refractivity contribution in [1.29, 1.82) is 0 Å². The van der Waals surface area contributed by atoms with Gasteiger partial charge in [-0.3, -0.25) is 10.1 Å². The second-order valence-corrected chi connectivity index (χ2v) is 7.05. The van der Waals surface area contributed by atoms with Crippen LogP contribution in [0.2, 0.25) is 0 Å². The summed E-state index contributed by atoms with van der Waals surface area (Å²) in [6.07, 6.45) is 0.926. The van der Waals surface area contributed by atoms with Crippen LogP contribution in [0.1, 0.15) is 6.42 Å². The zero-order chi connectivity index (χ0) is 17.8. The topological polar surface area (TPSA) is 55.6 Å². The Bertz CT molecular complexity index is 757. The largest absolute Gasteiger partial charge is 0.497 e. The van der Waals surface area contributed by atoms with Gasteiger partial charge >= 0.3 is 5.69 Å². The Morgan fingerprint density at radius 1 is 1.36 bits per heavy atom. The zero-order valence-corrected chi connectivity index (χ0v) is 14.7. The normalized spacial score (nSPS) is 16.9. The van der Waals surface area contributed by atoms with Crippen LogP contribution in [0.5, 0.6) is 5.75 Å². The first kappa shape index (κ1) is 17.5. The van der Waals surface area contributed by atoms with Gasteiger partial charge in [-0.25, -0.2) is 0 Å². The molecule has 1 heterocycles. The van der Waals surface area contributed by atoms with Crippen LogP contribution in [0.15, 0.2) is 47.4 Å². The molecule has 0 saturated carbocycles. The number of rotatable bonds is 6. The Labute approximate surface area is 149 Å². The summed E-state index contributed by atoms with van der Waals surface area (Å²) in [4.78, 5) is 13.7. The van der Waals surface area contributed by atoms with Crippen LogP contribution in [-0.2, 0) is 0 Å². The molecular weight excluding hydrogens is 343 g/mol. The Morgan fingerprint density at radius 2 is 2.12 bits per heavy atom. The van der Waals surface area contributed by atoms with Gasteiger partial charge in [0.2, 0.25) is 5.82 Å². The Morgan fingerprint density at radius 3 is 2.80 bits per heavy atom. The molecule has 0 amide bonds. The van der Waals surface area contributed by atoms with Crippen molar-refractivity contribution < 1.29 is 14.1 Å². The predicted octanol–water partition coefficient (Wildman–Crippen LogP) is 4.36. The van der Waals surface area contributed by atoms with Crippen LogP contribution in [0, 0.1) is 21.8 Å². The van der Waals surface area contributed by atoms with E-state index >= 15 is 0 Å². The number of nitrogens with zero attached hydrogens (tertiary/aromatic N) is 2. The van der Waals surface area contributed by atoms with Gasteiger partial charge in [-0.05, 0) is 24.5 Å². The Balaban J connectivity index is 1.73. The number of ether oxygens (including phenoxy) is 1. The van der Waals surface area contributed by atoms with Crippen LogP contribution >= 0.6 is 11.8 Å². The highest BCUT2D eigenvalue weighted by Gasteiger charge is 2.31. The molecule has 132 valence electrons. The van der Waals surface area contributed by atoms with Crippen molar-refractivity contribution in [2.75, 3.05) is 30.9 Å². The number of nitro benzene ring substituents is 1. The highest BCUT2D eigenvalue weighted by molar-refractivity contribution is 7.99. The summed E-state index contributed by atoms with van der Waals surface area (Å²) in [7, 11) is 1.42. The molecular formula is C18H19FN2O3S. The molecule has 7 heteroatoms. The fourth-order valence-electron chi connectivity index (χ4n) is 3.02. The fraction of sp³-hybridized carbons (Fsp3) is 0.333. The second kappa shape index (κ2) is 7.74. The van der Waals surface area contributed by atoms with Crippen LogP contribution in [0.25, 0.3) is 0 Å². The number of anilines is 1. The maximum atomic E-state index is 14.1. The van der Waals surface area contributed by atoms with E-state index in [4.69, 9.17) is 4.74 Å². The first-order valence-corrected chi connectivity index (χ1v) is 9.01. The van der Waals surface area contributed by atoms with E-state index in [-0.39, 0.29) is 0 Å². The minimum absolute atomic E-state index is 0.292. The summed E-state index contributed by atoms with van der Waals surface area (Å²) in [5, 5.41) is 11.3. The van der Waals surface area contributed by atoms with Gasteiger partial charge in [0, 0.05) is 35.9 Å². The quantitative estimate of drug-likeness (QED) is 0.434. The summed E-state index contributed by atoms with van der Waals surface area (Å²) in [5.41, 5.74) is -0.175. The number of hydrogen-bond donors (Lipinski definition) is 0. The Kier molecular flexibility index (Phi) is 5.43. The zero-order valence-electron chi connectivity index (χ0n) is 13.9. The lowest BCUT2D eigenvalue weighted by Gasteiger charge is -2.19. The van der Waals surface area contributed by atoms with Crippen molar-refractivity contribution in [3.63, 3.8) is 0 Å². The maximum absolute atomic E-state index is 14.1. The van der Waals surface area contributed by atoms with Gasteiger partial charge in [0.15, 0.2) is 0 Å². The van der Waals surface area contributed by atoms with Crippen molar-refractivity contribution in [2.45, 2.75) is 11.3 Å². The van der Waals surface area contributed by atoms with Crippen molar-refractivity contribution in [3.8, 4) is 5.75 Å². The van der Waals surface area contributed by atoms with Gasteiger partial charge < -0.3 is 9.64 Å². The predicted molar refractivity (Wildman–Crippen MR) is 97.1 cm³/mol. The third-order valence-electron chi connectivity index (χ3n) is 4.29. The first-order chi connectivity index (χ1) is 12.1. The van der Waals surface area contributed by atoms with E-state index in [1.165, 1.54) is 12.0 Å². The van der Waals surface area contributed by atoms with E-state index in [2.05, 4.69) is 12.1 Å². The molecule has 0 aromatic heterocycles. The van der Waals surface area contributed by atoms with Gasteiger partial charge in [0.1, 0.15) is 11.4 Å². The van der Waals surface area contributed by atoms with Crippen molar-refractivity contribution in [3.05, 3.63) is 58.4 Å². The van der Waals surface area contributed by atoms with Gasteiger partial charge in [0.05, 0.1) is 12.0 Å². The third-order valence-corrected chi connectivity index (χ3v) is 5.53. The van der Waals surface area contributed by atoms with E-state index < -0.39 is 16.4 Å². The summed E-state index contributed by atoms with van der Waals surface area (Å²) >= 11 is 1.78. The van der Waals surface area contributed by atoms with E-state index in [1.54, 1.807) is 17.8 Å². The summed E-state index contributed by atoms with van der Waals surface area (Å²) < 4.78 is 19.2. The maximum Gasteiger partial charge on any atom is 0.328 e. The second-order valence-electron chi connectivity index (χ2n) is 5.96. The lowest BCUT2D eigenvalue weighted by Crippen LogP contribution is -2.21. The highest BCUT2D eigenvalue weighted by atomic mass is 32.2. The number of hydrogen-bond acceptors (Lipinski definition) is 5. The van der Waals surface area contributed by atoms with E-state index in [1.807, 2.05) is 23.1 Å².